The molecule has 1 aliphatic carbocycles. The summed E-state index contributed by atoms with van der Waals surface area (Å²) in [6.45, 7) is 0.623. The minimum Gasteiger partial charge on any atom is -0.481 e. The van der Waals surface area contributed by atoms with Crippen molar-refractivity contribution in [3.05, 3.63) is 40.6 Å². The van der Waals surface area contributed by atoms with Crippen molar-refractivity contribution >= 4 is 17.3 Å². The fourth-order valence-electron chi connectivity index (χ4n) is 2.64. The van der Waals surface area contributed by atoms with Crippen LogP contribution in [0, 0.1) is 5.41 Å². The standard InChI is InChI=1S/C14H16N4O2S/c19-13(20)14(4-2-1-3-5-14)6-11-8-18(17-16-11)9-12-7-15-10-21-12/h1-2,7-8,10H,3-6,9H2,(H,19,20). The molecule has 0 aliphatic heterocycles. The van der Waals surface area contributed by atoms with Gasteiger partial charge in [-0.1, -0.05) is 17.4 Å². The van der Waals surface area contributed by atoms with E-state index in [0.717, 1.165) is 17.0 Å². The van der Waals surface area contributed by atoms with Gasteiger partial charge in [0, 0.05) is 23.7 Å². The minimum absolute atomic E-state index is 0.426. The molecule has 2 aromatic heterocycles. The normalized spacial score (nSPS) is 21.5. The Morgan fingerprint density at radius 1 is 1.48 bits per heavy atom. The van der Waals surface area contributed by atoms with Crippen molar-refractivity contribution in [2.75, 3.05) is 0 Å². The lowest BCUT2D eigenvalue weighted by Crippen LogP contribution is -2.34. The lowest BCUT2D eigenvalue weighted by Gasteiger charge is -2.29. The molecule has 6 nitrogen and oxygen atoms in total. The maximum Gasteiger partial charge on any atom is 0.310 e. The van der Waals surface area contributed by atoms with Crippen LogP contribution in [0.3, 0.4) is 0 Å². The monoisotopic (exact) mass is 304 g/mol. The van der Waals surface area contributed by atoms with Gasteiger partial charge in [0.15, 0.2) is 0 Å². The van der Waals surface area contributed by atoms with Gasteiger partial charge < -0.3 is 5.11 Å². The first-order valence-electron chi connectivity index (χ1n) is 6.83. The number of aliphatic carboxylic acids is 1. The number of aromatic nitrogens is 4. The van der Waals surface area contributed by atoms with Gasteiger partial charge in [0.05, 0.1) is 23.2 Å². The number of allylic oxidation sites excluding steroid dienone is 2. The van der Waals surface area contributed by atoms with Crippen LogP contribution in [0.25, 0.3) is 0 Å². The highest BCUT2D eigenvalue weighted by Crippen LogP contribution is 2.36. The van der Waals surface area contributed by atoms with E-state index in [1.807, 2.05) is 18.3 Å². The molecule has 1 atom stereocenters. The molecule has 2 aromatic rings. The van der Waals surface area contributed by atoms with E-state index < -0.39 is 11.4 Å². The van der Waals surface area contributed by atoms with Crippen molar-refractivity contribution in [1.29, 1.82) is 0 Å². The van der Waals surface area contributed by atoms with Gasteiger partial charge in [-0.3, -0.25) is 9.78 Å². The molecule has 0 radical (unpaired) electrons. The Balaban J connectivity index is 1.73. The van der Waals surface area contributed by atoms with Crippen LogP contribution >= 0.6 is 11.3 Å². The summed E-state index contributed by atoms with van der Waals surface area (Å²) in [7, 11) is 0. The fraction of sp³-hybridized carbons (Fsp3) is 0.429. The second-order valence-electron chi connectivity index (χ2n) is 5.35. The molecule has 1 N–H and O–H groups in total. The number of carbonyl (C=O) groups is 1. The molecular weight excluding hydrogens is 288 g/mol. The van der Waals surface area contributed by atoms with E-state index in [0.29, 0.717) is 25.8 Å². The van der Waals surface area contributed by atoms with E-state index >= 15 is 0 Å². The highest BCUT2D eigenvalue weighted by molar-refractivity contribution is 7.09. The van der Waals surface area contributed by atoms with Crippen LogP contribution in [-0.2, 0) is 17.8 Å². The molecular formula is C14H16N4O2S. The number of rotatable bonds is 5. The van der Waals surface area contributed by atoms with Gasteiger partial charge in [0.25, 0.3) is 0 Å². The fourth-order valence-corrected chi connectivity index (χ4v) is 3.23. The van der Waals surface area contributed by atoms with Crippen LogP contribution in [0.2, 0.25) is 0 Å². The zero-order chi connectivity index (χ0) is 14.7. The van der Waals surface area contributed by atoms with Crippen LogP contribution in [0.4, 0.5) is 0 Å². The van der Waals surface area contributed by atoms with Crippen molar-refractivity contribution in [2.45, 2.75) is 32.2 Å². The molecule has 7 heteroatoms. The molecule has 0 fully saturated rings. The molecule has 0 amide bonds. The number of hydrogen-bond acceptors (Lipinski definition) is 5. The Bertz CT molecular complexity index is 650. The maximum atomic E-state index is 11.6. The van der Waals surface area contributed by atoms with Gasteiger partial charge in [-0.25, -0.2) is 4.68 Å². The van der Waals surface area contributed by atoms with E-state index in [-0.39, 0.29) is 0 Å². The molecule has 1 unspecified atom stereocenters. The molecule has 0 saturated carbocycles. The van der Waals surface area contributed by atoms with Crippen LogP contribution in [0.1, 0.15) is 29.8 Å². The summed E-state index contributed by atoms with van der Waals surface area (Å²) in [5, 5.41) is 17.8. The summed E-state index contributed by atoms with van der Waals surface area (Å²) in [5.74, 6) is -0.746. The summed E-state index contributed by atoms with van der Waals surface area (Å²) in [6.07, 6.45) is 10.1. The average molecular weight is 304 g/mol. The Morgan fingerprint density at radius 2 is 2.38 bits per heavy atom. The summed E-state index contributed by atoms with van der Waals surface area (Å²) < 4.78 is 1.73. The zero-order valence-corrected chi connectivity index (χ0v) is 12.3. The van der Waals surface area contributed by atoms with E-state index in [1.54, 1.807) is 27.7 Å². The van der Waals surface area contributed by atoms with E-state index in [2.05, 4.69) is 15.3 Å². The lowest BCUT2D eigenvalue weighted by molar-refractivity contribution is -0.149. The predicted octanol–water partition coefficient (Wildman–Crippen LogP) is 2.14. The third kappa shape index (κ3) is 3.02. The van der Waals surface area contributed by atoms with E-state index in [9.17, 15) is 9.90 Å². The van der Waals surface area contributed by atoms with Crippen molar-refractivity contribution in [2.24, 2.45) is 5.41 Å². The number of hydrogen-bond donors (Lipinski definition) is 1. The molecule has 3 rings (SSSR count). The molecule has 0 aromatic carbocycles. The van der Waals surface area contributed by atoms with Crippen LogP contribution in [-0.4, -0.2) is 31.1 Å². The average Bonchev–Trinajstić information content (AvgIpc) is 3.12. The lowest BCUT2D eigenvalue weighted by atomic mass is 9.74. The minimum atomic E-state index is -0.746. The molecule has 110 valence electrons. The number of carboxylic acid groups (broad SMARTS) is 1. The highest BCUT2D eigenvalue weighted by atomic mass is 32.1. The second kappa shape index (κ2) is 5.77. The number of nitrogens with zero attached hydrogens (tertiary/aromatic N) is 4. The maximum absolute atomic E-state index is 11.6. The molecule has 0 saturated heterocycles. The Morgan fingerprint density at radius 3 is 3.05 bits per heavy atom. The van der Waals surface area contributed by atoms with Gasteiger partial charge in [0.1, 0.15) is 0 Å². The molecule has 21 heavy (non-hydrogen) atoms. The predicted molar refractivity (Wildman–Crippen MR) is 78.0 cm³/mol. The third-order valence-electron chi connectivity index (χ3n) is 3.83. The third-order valence-corrected chi connectivity index (χ3v) is 4.59. The van der Waals surface area contributed by atoms with Gasteiger partial charge in [0.2, 0.25) is 0 Å². The SMILES string of the molecule is O=C(O)C1(Cc2cn(Cc3cncs3)nn2)CC=CCC1. The summed E-state index contributed by atoms with van der Waals surface area (Å²) in [5.41, 5.74) is 1.78. The van der Waals surface area contributed by atoms with Crippen molar-refractivity contribution < 1.29 is 9.90 Å². The first-order valence-corrected chi connectivity index (χ1v) is 7.71. The van der Waals surface area contributed by atoms with Crippen molar-refractivity contribution in [3.8, 4) is 0 Å². The Hall–Kier alpha value is -2.02. The van der Waals surface area contributed by atoms with Gasteiger partial charge in [-0.2, -0.15) is 0 Å². The summed E-state index contributed by atoms with van der Waals surface area (Å²) >= 11 is 1.56. The Kier molecular flexibility index (Phi) is 3.83. The number of thiazole rings is 1. The second-order valence-corrected chi connectivity index (χ2v) is 6.32. The van der Waals surface area contributed by atoms with E-state index in [4.69, 9.17) is 0 Å². The summed E-state index contributed by atoms with van der Waals surface area (Å²) in [4.78, 5) is 16.8. The first kappa shape index (κ1) is 13.9. The molecule has 1 aliphatic rings. The quantitative estimate of drug-likeness (QED) is 0.856. The van der Waals surface area contributed by atoms with Gasteiger partial charge in [-0.15, -0.1) is 16.4 Å². The zero-order valence-electron chi connectivity index (χ0n) is 11.5. The van der Waals surface area contributed by atoms with Crippen molar-refractivity contribution in [1.82, 2.24) is 20.0 Å². The van der Waals surface area contributed by atoms with E-state index in [1.165, 1.54) is 0 Å². The molecule has 2 heterocycles. The highest BCUT2D eigenvalue weighted by Gasteiger charge is 2.39. The van der Waals surface area contributed by atoms with Crippen LogP contribution in [0.5, 0.6) is 0 Å². The molecule has 0 spiro atoms. The van der Waals surface area contributed by atoms with Crippen LogP contribution < -0.4 is 0 Å². The van der Waals surface area contributed by atoms with Crippen molar-refractivity contribution in [3.63, 3.8) is 0 Å². The summed E-state index contributed by atoms with van der Waals surface area (Å²) in [6, 6.07) is 0. The first-order chi connectivity index (χ1) is 10.2. The topological polar surface area (TPSA) is 80.9 Å². The Labute approximate surface area is 126 Å². The largest absolute Gasteiger partial charge is 0.481 e. The number of carboxylic acids is 1. The van der Waals surface area contributed by atoms with Crippen LogP contribution in [0.15, 0.2) is 30.1 Å². The van der Waals surface area contributed by atoms with Gasteiger partial charge >= 0.3 is 5.97 Å². The molecule has 0 bridgehead atoms. The van der Waals surface area contributed by atoms with Gasteiger partial charge in [-0.05, 0) is 19.3 Å². The smallest absolute Gasteiger partial charge is 0.310 e.